The van der Waals surface area contributed by atoms with Crippen molar-refractivity contribution in [3.05, 3.63) is 83.7 Å². The Morgan fingerprint density at radius 1 is 0.844 bits per heavy atom. The van der Waals surface area contributed by atoms with E-state index < -0.39 is 11.8 Å². The number of rotatable bonds is 8. The molecule has 0 radical (unpaired) electrons. The number of hydrogen-bond donors (Lipinski definition) is 2. The first-order valence-corrected chi connectivity index (χ1v) is 9.76. The molecule has 3 rings (SSSR count). The van der Waals surface area contributed by atoms with Crippen LogP contribution in [-0.4, -0.2) is 26.0 Å². The van der Waals surface area contributed by atoms with Crippen molar-refractivity contribution in [1.29, 1.82) is 0 Å². The van der Waals surface area contributed by atoms with Crippen molar-refractivity contribution < 1.29 is 28.2 Å². The molecule has 0 saturated carbocycles. The van der Waals surface area contributed by atoms with Gasteiger partial charge in [0.05, 0.1) is 19.9 Å². The van der Waals surface area contributed by atoms with Gasteiger partial charge in [-0.15, -0.1) is 0 Å². The van der Waals surface area contributed by atoms with Gasteiger partial charge in [0.1, 0.15) is 29.7 Å². The highest BCUT2D eigenvalue weighted by Crippen LogP contribution is 2.28. The number of amides is 2. The van der Waals surface area contributed by atoms with Crippen molar-refractivity contribution in [2.45, 2.75) is 13.2 Å². The summed E-state index contributed by atoms with van der Waals surface area (Å²) in [6, 6.07) is 18.0. The first kappa shape index (κ1) is 22.6. The maximum absolute atomic E-state index is 13.2. The summed E-state index contributed by atoms with van der Waals surface area (Å²) in [6.45, 7) is 0.402. The Balaban J connectivity index is 1.49. The Morgan fingerprint density at radius 3 is 2.28 bits per heavy atom. The van der Waals surface area contributed by atoms with Gasteiger partial charge in [-0.1, -0.05) is 24.3 Å². The largest absolute Gasteiger partial charge is 0.497 e. The van der Waals surface area contributed by atoms with Crippen LogP contribution in [-0.2, 0) is 22.7 Å². The second kappa shape index (κ2) is 10.8. The van der Waals surface area contributed by atoms with Crippen LogP contribution in [0.1, 0.15) is 11.1 Å². The van der Waals surface area contributed by atoms with E-state index >= 15 is 0 Å². The lowest BCUT2D eigenvalue weighted by molar-refractivity contribution is -0.136. The topological polar surface area (TPSA) is 85.9 Å². The summed E-state index contributed by atoms with van der Waals surface area (Å²) in [6.07, 6.45) is 0. The molecule has 0 saturated heterocycles. The van der Waals surface area contributed by atoms with Crippen molar-refractivity contribution in [1.82, 2.24) is 5.32 Å². The van der Waals surface area contributed by atoms with Gasteiger partial charge in [0.15, 0.2) is 0 Å². The van der Waals surface area contributed by atoms with Gasteiger partial charge in [0.2, 0.25) is 0 Å². The van der Waals surface area contributed by atoms with Gasteiger partial charge in [0, 0.05) is 12.6 Å². The summed E-state index contributed by atoms with van der Waals surface area (Å²) in [5, 5.41) is 5.08. The van der Waals surface area contributed by atoms with Crippen molar-refractivity contribution >= 4 is 17.5 Å². The molecule has 8 heteroatoms. The fourth-order valence-electron chi connectivity index (χ4n) is 2.84. The molecule has 3 aromatic carbocycles. The number of halogens is 1. The molecule has 0 aromatic heterocycles. The molecule has 3 aromatic rings. The fraction of sp³-hybridized carbons (Fsp3) is 0.167. The molecule has 7 nitrogen and oxygen atoms in total. The van der Waals surface area contributed by atoms with Crippen LogP contribution in [0.5, 0.6) is 17.2 Å². The molecule has 0 fully saturated rings. The average molecular weight is 438 g/mol. The summed E-state index contributed by atoms with van der Waals surface area (Å²) in [5.74, 6) is -0.370. The van der Waals surface area contributed by atoms with Gasteiger partial charge in [-0.25, -0.2) is 4.39 Å². The molecule has 166 valence electrons. The lowest BCUT2D eigenvalue weighted by Gasteiger charge is -2.12. The molecule has 2 N–H and O–H groups in total. The third-order valence-electron chi connectivity index (χ3n) is 4.53. The fourth-order valence-corrected chi connectivity index (χ4v) is 2.84. The van der Waals surface area contributed by atoms with Gasteiger partial charge >= 0.3 is 11.8 Å². The number of carbonyl (C=O) groups excluding carboxylic acids is 2. The van der Waals surface area contributed by atoms with Crippen molar-refractivity contribution in [2.75, 3.05) is 19.5 Å². The summed E-state index contributed by atoms with van der Waals surface area (Å²) in [4.78, 5) is 24.4. The maximum Gasteiger partial charge on any atom is 0.313 e. The quantitative estimate of drug-likeness (QED) is 0.524. The van der Waals surface area contributed by atoms with E-state index in [1.54, 1.807) is 54.6 Å². The SMILES string of the molecule is COc1ccc(NC(=O)C(=O)NCc2ccc(OCc3cccc(F)c3)cc2)c(OC)c1. The number of benzene rings is 3. The zero-order valence-electron chi connectivity index (χ0n) is 17.7. The second-order valence-electron chi connectivity index (χ2n) is 6.77. The molecule has 2 amide bonds. The number of ether oxygens (including phenoxy) is 3. The predicted octanol–water partition coefficient (Wildman–Crippen LogP) is 3.68. The van der Waals surface area contributed by atoms with Crippen molar-refractivity contribution in [3.8, 4) is 17.2 Å². The Morgan fingerprint density at radius 2 is 1.59 bits per heavy atom. The van der Waals surface area contributed by atoms with E-state index in [0.29, 0.717) is 22.9 Å². The highest BCUT2D eigenvalue weighted by molar-refractivity contribution is 6.39. The summed E-state index contributed by atoms with van der Waals surface area (Å²) in [5.41, 5.74) is 1.86. The lowest BCUT2D eigenvalue weighted by atomic mass is 10.2. The third-order valence-corrected chi connectivity index (χ3v) is 4.53. The summed E-state index contributed by atoms with van der Waals surface area (Å²) < 4.78 is 29.2. The van der Waals surface area contributed by atoms with Crippen LogP contribution in [0.2, 0.25) is 0 Å². The lowest BCUT2D eigenvalue weighted by Crippen LogP contribution is -2.35. The van der Waals surface area contributed by atoms with Gasteiger partial charge in [-0.05, 0) is 47.5 Å². The first-order valence-electron chi connectivity index (χ1n) is 9.76. The van der Waals surface area contributed by atoms with Crippen LogP contribution in [0, 0.1) is 5.82 Å². The number of methoxy groups -OCH3 is 2. The normalized spacial score (nSPS) is 10.2. The Labute approximate surface area is 185 Å². The highest BCUT2D eigenvalue weighted by Gasteiger charge is 2.16. The molecule has 0 bridgehead atoms. The molecule has 0 aliphatic carbocycles. The second-order valence-corrected chi connectivity index (χ2v) is 6.77. The first-order chi connectivity index (χ1) is 15.5. The van der Waals surface area contributed by atoms with Gasteiger partial charge < -0.3 is 24.8 Å². The minimum absolute atomic E-state index is 0.163. The number of carbonyl (C=O) groups is 2. The molecule has 0 atom stereocenters. The standard InChI is InChI=1S/C24H23FN2O5/c1-30-20-10-11-21(22(13-20)31-2)27-24(29)23(28)26-14-16-6-8-19(9-7-16)32-15-17-4-3-5-18(25)12-17/h3-13H,14-15H2,1-2H3,(H,26,28)(H,27,29). The minimum Gasteiger partial charge on any atom is -0.497 e. The Kier molecular flexibility index (Phi) is 7.64. The highest BCUT2D eigenvalue weighted by atomic mass is 19.1. The predicted molar refractivity (Wildman–Crippen MR) is 117 cm³/mol. The van der Waals surface area contributed by atoms with E-state index in [2.05, 4.69) is 10.6 Å². The molecular formula is C24H23FN2O5. The molecule has 0 heterocycles. The average Bonchev–Trinajstić information content (AvgIpc) is 2.82. The van der Waals surface area contributed by atoms with E-state index in [-0.39, 0.29) is 19.0 Å². The van der Waals surface area contributed by atoms with Gasteiger partial charge in [-0.2, -0.15) is 0 Å². The molecule has 32 heavy (non-hydrogen) atoms. The van der Waals surface area contributed by atoms with Crippen LogP contribution in [0.4, 0.5) is 10.1 Å². The van der Waals surface area contributed by atoms with Crippen LogP contribution in [0.25, 0.3) is 0 Å². The van der Waals surface area contributed by atoms with Crippen LogP contribution < -0.4 is 24.8 Å². The van der Waals surface area contributed by atoms with Crippen LogP contribution in [0.15, 0.2) is 66.7 Å². The minimum atomic E-state index is -0.816. The van der Waals surface area contributed by atoms with E-state index in [9.17, 15) is 14.0 Å². The third kappa shape index (κ3) is 6.21. The van der Waals surface area contributed by atoms with E-state index in [4.69, 9.17) is 14.2 Å². The van der Waals surface area contributed by atoms with E-state index in [0.717, 1.165) is 11.1 Å². The molecule has 0 aliphatic heterocycles. The smallest absolute Gasteiger partial charge is 0.313 e. The monoisotopic (exact) mass is 438 g/mol. The van der Waals surface area contributed by atoms with Gasteiger partial charge in [0.25, 0.3) is 0 Å². The number of nitrogens with one attached hydrogen (secondary N) is 2. The molecular weight excluding hydrogens is 415 g/mol. The molecule has 0 aliphatic rings. The van der Waals surface area contributed by atoms with E-state index in [1.807, 2.05) is 0 Å². The van der Waals surface area contributed by atoms with Crippen LogP contribution >= 0.6 is 0 Å². The Hall–Kier alpha value is -4.07. The summed E-state index contributed by atoms with van der Waals surface area (Å²) >= 11 is 0. The van der Waals surface area contributed by atoms with Gasteiger partial charge in [-0.3, -0.25) is 9.59 Å². The zero-order chi connectivity index (χ0) is 22.9. The maximum atomic E-state index is 13.2. The molecule has 0 unspecified atom stereocenters. The summed E-state index contributed by atoms with van der Waals surface area (Å²) in [7, 11) is 2.97. The van der Waals surface area contributed by atoms with Crippen LogP contribution in [0.3, 0.4) is 0 Å². The van der Waals surface area contributed by atoms with E-state index in [1.165, 1.54) is 26.4 Å². The zero-order valence-corrected chi connectivity index (χ0v) is 17.7. The molecule has 0 spiro atoms. The number of anilines is 1. The number of hydrogen-bond acceptors (Lipinski definition) is 5. The van der Waals surface area contributed by atoms with Crippen molar-refractivity contribution in [3.63, 3.8) is 0 Å². The Bertz CT molecular complexity index is 1090. The van der Waals surface area contributed by atoms with Crippen molar-refractivity contribution in [2.24, 2.45) is 0 Å².